The van der Waals surface area contributed by atoms with Gasteiger partial charge in [-0.2, -0.15) is 11.8 Å². The van der Waals surface area contributed by atoms with E-state index in [4.69, 9.17) is 40.1 Å². The van der Waals surface area contributed by atoms with Crippen LogP contribution in [-0.2, 0) is 75.2 Å². The van der Waals surface area contributed by atoms with Crippen LogP contribution >= 0.6 is 11.8 Å². The van der Waals surface area contributed by atoms with Crippen molar-refractivity contribution >= 4 is 94.5 Å². The molecule has 0 saturated carbocycles. The van der Waals surface area contributed by atoms with Gasteiger partial charge in [0.1, 0.15) is 54.4 Å². The number of unbranched alkanes of at least 4 members (excludes halogenated alkanes) is 1. The average molecular weight is 1350 g/mol. The number of guanidine groups is 1. The highest BCUT2D eigenvalue weighted by Crippen LogP contribution is 2.24. The van der Waals surface area contributed by atoms with E-state index in [1.54, 1.807) is 60.7 Å². The minimum absolute atomic E-state index is 0.0736. The molecule has 95 heavy (non-hydrogen) atoms. The monoisotopic (exact) mass is 1350 g/mol. The Morgan fingerprint density at radius 1 is 0.537 bits per heavy atom. The molecule has 2 aromatic carbocycles. The number of benzene rings is 2. The minimum Gasteiger partial charge on any atom is -0.370 e. The molecule has 2 heterocycles. The molecule has 10 atom stereocenters. The van der Waals surface area contributed by atoms with E-state index >= 15 is 0 Å². The van der Waals surface area contributed by atoms with Gasteiger partial charge in [-0.05, 0) is 119 Å². The van der Waals surface area contributed by atoms with Crippen molar-refractivity contribution in [1.82, 2.24) is 52.3 Å². The number of likely N-dealkylation sites (tertiary alicyclic amines) is 2. The summed E-state index contributed by atoms with van der Waals surface area (Å²) in [6.45, 7) is 3.86. The van der Waals surface area contributed by atoms with Crippen molar-refractivity contribution in [3.63, 3.8) is 0 Å². The van der Waals surface area contributed by atoms with Gasteiger partial charge in [0.25, 0.3) is 0 Å². The first-order valence-electron chi connectivity index (χ1n) is 32.2. The summed E-state index contributed by atoms with van der Waals surface area (Å²) in [7, 11) is 0. The van der Waals surface area contributed by atoms with Crippen molar-refractivity contribution in [2.45, 2.75) is 183 Å². The van der Waals surface area contributed by atoms with Crippen molar-refractivity contribution < 1.29 is 62.3 Å². The van der Waals surface area contributed by atoms with Gasteiger partial charge in [-0.1, -0.05) is 74.5 Å². The molecule has 32 heteroatoms. The molecule has 0 unspecified atom stereocenters. The van der Waals surface area contributed by atoms with E-state index in [9.17, 15) is 62.3 Å². The molecule has 2 aromatic rings. The standard InChI is InChI=1S/C63H98N18O13S/c1-37(2)33-45(57(89)74-41(53(68)85)27-32-95-3)73-52(84)36-72-54(86)46(34-38-15-6-4-7-16-38)78-58(90)47(35-39-17-8-5-9-18-39)79-56(88)42(23-25-50(66)82)75-55(87)43(24-26-51(67)83)76-59(91)49-22-14-31-81(49)62(94)44(20-10-11-28-64)77-60(92)48-21-13-30-80(48)61(93)40(65)19-12-29-71-63(69)70/h4-9,15-18,37,40-49H,10-14,19-36,64-65H2,1-3H3,(H2,66,82)(H2,67,83)(H2,68,85)(H,72,86)(H,73,84)(H,74,89)(H,75,87)(H,76,91)(H,77,92)(H,78,90)(H,79,88)(H4,69,70,71)/t40-,41+,42-,43+,44+,45-,46+,47+,48-,49-/m1/s1. The van der Waals surface area contributed by atoms with E-state index in [2.05, 4.69) is 47.5 Å². The first-order valence-corrected chi connectivity index (χ1v) is 33.6. The predicted molar refractivity (Wildman–Crippen MR) is 356 cm³/mol. The summed E-state index contributed by atoms with van der Waals surface area (Å²) in [5, 5.41) is 21.1. The summed E-state index contributed by atoms with van der Waals surface area (Å²) >= 11 is 1.45. The van der Waals surface area contributed by atoms with Crippen molar-refractivity contribution in [1.29, 1.82) is 0 Å². The van der Waals surface area contributed by atoms with E-state index in [1.807, 2.05) is 20.1 Å². The van der Waals surface area contributed by atoms with Crippen molar-refractivity contribution in [3.05, 3.63) is 71.8 Å². The molecular weight excluding hydrogens is 1250 g/mol. The molecule has 0 radical (unpaired) electrons. The molecule has 2 fully saturated rings. The van der Waals surface area contributed by atoms with Crippen LogP contribution in [0.25, 0.3) is 0 Å². The molecule has 2 aliphatic heterocycles. The number of amides is 13. The van der Waals surface area contributed by atoms with Crippen LogP contribution < -0.4 is 82.7 Å². The van der Waals surface area contributed by atoms with Crippen LogP contribution in [0.1, 0.15) is 121 Å². The molecule has 22 N–H and O–H groups in total. The largest absolute Gasteiger partial charge is 0.370 e. The Morgan fingerprint density at radius 3 is 1.51 bits per heavy atom. The van der Waals surface area contributed by atoms with Crippen molar-refractivity contribution in [3.8, 4) is 0 Å². The number of aliphatic imine (C=N–C) groups is 1. The van der Waals surface area contributed by atoms with Gasteiger partial charge in [-0.15, -0.1) is 0 Å². The second kappa shape index (κ2) is 41.0. The molecule has 0 aliphatic carbocycles. The second-order valence-corrected chi connectivity index (χ2v) is 25.1. The van der Waals surface area contributed by atoms with Gasteiger partial charge in [0.05, 0.1) is 12.6 Å². The van der Waals surface area contributed by atoms with Gasteiger partial charge >= 0.3 is 0 Å². The van der Waals surface area contributed by atoms with Crippen LogP contribution in [0, 0.1) is 5.92 Å². The highest BCUT2D eigenvalue weighted by Gasteiger charge is 2.42. The highest BCUT2D eigenvalue weighted by atomic mass is 32.2. The van der Waals surface area contributed by atoms with E-state index in [-0.39, 0.29) is 83.0 Å². The van der Waals surface area contributed by atoms with Crippen LogP contribution in [0.15, 0.2) is 65.7 Å². The zero-order valence-corrected chi connectivity index (χ0v) is 55.3. The zero-order valence-electron chi connectivity index (χ0n) is 54.5. The maximum absolute atomic E-state index is 14.7. The Balaban J connectivity index is 1.56. The quantitative estimate of drug-likeness (QED) is 0.0173. The summed E-state index contributed by atoms with van der Waals surface area (Å²) in [4.78, 5) is 185. The lowest BCUT2D eigenvalue weighted by molar-refractivity contribution is -0.144. The first kappa shape index (κ1) is 78.5. The fourth-order valence-electron chi connectivity index (χ4n) is 11.0. The number of nitrogens with one attached hydrogen (secondary N) is 8. The number of primary amides is 3. The SMILES string of the molecule is CSCC[C@H](NC(=O)[C@@H](CC(C)C)NC(=O)CNC(=O)[C@H](Cc1ccccc1)NC(=O)[C@H](Cc1ccccc1)NC(=O)[C@@H](CCC(N)=O)NC(=O)[C@H](CCC(N)=O)NC(=O)[C@H]1CCCN1C(=O)[C@H](CCCCN)NC(=O)[C@H]1CCCN1C(=O)[C@H](N)CCCN=C(N)N)C(N)=O. The van der Waals surface area contributed by atoms with Crippen LogP contribution in [0.2, 0.25) is 0 Å². The lowest BCUT2D eigenvalue weighted by Crippen LogP contribution is -2.60. The molecule has 0 aromatic heterocycles. The van der Waals surface area contributed by atoms with Crippen LogP contribution in [0.5, 0.6) is 0 Å². The fraction of sp³-hybridized carbons (Fsp3) is 0.587. The normalized spacial score (nSPS) is 16.8. The van der Waals surface area contributed by atoms with Gasteiger partial charge in [-0.25, -0.2) is 0 Å². The number of rotatable bonds is 42. The number of carbonyl (C=O) groups is 13. The topological polar surface area (TPSA) is 519 Å². The highest BCUT2D eigenvalue weighted by molar-refractivity contribution is 7.98. The van der Waals surface area contributed by atoms with E-state index < -0.39 is 169 Å². The van der Waals surface area contributed by atoms with Crippen LogP contribution in [0.3, 0.4) is 0 Å². The van der Waals surface area contributed by atoms with Gasteiger partial charge < -0.3 is 92.5 Å². The molecule has 4 rings (SSSR count). The van der Waals surface area contributed by atoms with Crippen LogP contribution in [-0.4, -0.2) is 198 Å². The molecule has 13 amide bonds. The van der Waals surface area contributed by atoms with Crippen molar-refractivity contribution in [2.75, 3.05) is 44.7 Å². The number of hydrogen-bond donors (Lipinski definition) is 15. The first-order chi connectivity index (χ1) is 45.2. The summed E-state index contributed by atoms with van der Waals surface area (Å²) in [6, 6.07) is 4.51. The fourth-order valence-corrected chi connectivity index (χ4v) is 11.5. The summed E-state index contributed by atoms with van der Waals surface area (Å²) < 4.78 is 0. The van der Waals surface area contributed by atoms with Gasteiger partial charge in [0, 0.05) is 45.3 Å². The molecular formula is C63H98N18O13S. The molecule has 2 saturated heterocycles. The van der Waals surface area contributed by atoms with E-state index in [0.717, 1.165) is 0 Å². The predicted octanol–water partition coefficient (Wildman–Crippen LogP) is -3.71. The molecule has 0 bridgehead atoms. The average Bonchev–Trinajstić information content (AvgIpc) is 1.74. The Labute approximate surface area is 558 Å². The Bertz CT molecular complexity index is 2960. The third-order valence-electron chi connectivity index (χ3n) is 16.0. The number of thioether (sulfide) groups is 1. The minimum atomic E-state index is -1.64. The van der Waals surface area contributed by atoms with Crippen LogP contribution in [0.4, 0.5) is 0 Å². The Morgan fingerprint density at radius 2 is 1.01 bits per heavy atom. The zero-order chi connectivity index (χ0) is 70.1. The van der Waals surface area contributed by atoms with Gasteiger partial charge in [-0.3, -0.25) is 67.3 Å². The smallest absolute Gasteiger partial charge is 0.245 e. The number of carbonyl (C=O) groups excluding carboxylic acids is 13. The van der Waals surface area contributed by atoms with Gasteiger partial charge in [0.15, 0.2) is 5.96 Å². The maximum Gasteiger partial charge on any atom is 0.245 e. The lowest BCUT2D eigenvalue weighted by Gasteiger charge is -2.32. The molecule has 524 valence electrons. The number of nitrogens with zero attached hydrogens (tertiary/aromatic N) is 3. The summed E-state index contributed by atoms with van der Waals surface area (Å²) in [6.07, 6.45) is 3.12. The molecule has 31 nitrogen and oxygen atoms in total. The lowest BCUT2D eigenvalue weighted by atomic mass is 10.0. The van der Waals surface area contributed by atoms with E-state index in [1.165, 1.54) is 21.6 Å². The third-order valence-corrected chi connectivity index (χ3v) is 16.7. The number of hydrogen-bond acceptors (Lipinski definition) is 17. The number of nitrogens with two attached hydrogens (primary N) is 7. The van der Waals surface area contributed by atoms with E-state index in [0.29, 0.717) is 55.4 Å². The Kier molecular flexibility index (Phi) is 33.9. The maximum atomic E-state index is 14.7. The Hall–Kier alpha value is -8.91. The summed E-state index contributed by atoms with van der Waals surface area (Å²) in [5.74, 6) is -9.80. The molecule has 2 aliphatic rings. The second-order valence-electron chi connectivity index (χ2n) is 24.1. The van der Waals surface area contributed by atoms with Crippen molar-refractivity contribution in [2.24, 2.45) is 51.0 Å². The summed E-state index contributed by atoms with van der Waals surface area (Å²) in [5.41, 5.74) is 40.6. The van der Waals surface area contributed by atoms with Gasteiger partial charge in [0.2, 0.25) is 76.8 Å². The molecule has 0 spiro atoms. The third kappa shape index (κ3) is 27.5.